The van der Waals surface area contributed by atoms with Crippen molar-refractivity contribution in [3.05, 3.63) is 30.3 Å². The average Bonchev–Trinajstić information content (AvgIpc) is 2.89. The summed E-state index contributed by atoms with van der Waals surface area (Å²) < 4.78 is 4.98. The maximum absolute atomic E-state index is 11.9. The lowest BCUT2D eigenvalue weighted by atomic mass is 10.3. The van der Waals surface area contributed by atoms with Gasteiger partial charge in [-0.3, -0.25) is 9.89 Å². The number of rotatable bonds is 4. The number of carboxylic acid groups (broad SMARTS) is 1. The highest BCUT2D eigenvalue weighted by atomic mass is 16.6. The molecule has 0 radical (unpaired) electrons. The zero-order valence-electron chi connectivity index (χ0n) is 10.3. The molecule has 1 aromatic carbocycles. The van der Waals surface area contributed by atoms with Crippen LogP contribution in [0.5, 0.6) is 5.75 Å². The Morgan fingerprint density at radius 2 is 1.90 bits per heavy atom. The third-order valence-corrected chi connectivity index (χ3v) is 2.64. The predicted molar refractivity (Wildman–Crippen MR) is 65.9 cm³/mol. The first-order valence-electron chi connectivity index (χ1n) is 5.70. The van der Waals surface area contributed by atoms with Gasteiger partial charge in [-0.2, -0.15) is 0 Å². The van der Waals surface area contributed by atoms with Crippen molar-refractivity contribution < 1.29 is 29.6 Å². The molecule has 20 heavy (non-hydrogen) atoms. The normalized spacial score (nSPS) is 14.9. The Kier molecular flexibility index (Phi) is 3.68. The molecule has 0 atom stereocenters. The monoisotopic (exact) mass is 280 g/mol. The number of aliphatic hydroxyl groups is 2. The second-order valence-corrected chi connectivity index (χ2v) is 4.00. The van der Waals surface area contributed by atoms with Crippen LogP contribution in [0.15, 0.2) is 35.3 Å². The molecule has 0 saturated heterocycles. The van der Waals surface area contributed by atoms with Gasteiger partial charge in [0, 0.05) is 6.54 Å². The van der Waals surface area contributed by atoms with E-state index in [0.717, 1.165) is 0 Å². The van der Waals surface area contributed by atoms with Gasteiger partial charge in [0.25, 0.3) is 0 Å². The maximum atomic E-state index is 11.9. The van der Waals surface area contributed by atoms with E-state index in [0.29, 0.717) is 4.90 Å². The third kappa shape index (κ3) is 2.60. The Morgan fingerprint density at radius 1 is 1.25 bits per heavy atom. The van der Waals surface area contributed by atoms with Gasteiger partial charge in [-0.05, 0) is 12.1 Å². The summed E-state index contributed by atoms with van der Waals surface area (Å²) in [5, 5.41) is 27.7. The number of esters is 1. The van der Waals surface area contributed by atoms with Crippen molar-refractivity contribution >= 4 is 17.8 Å². The van der Waals surface area contributed by atoms with E-state index in [1.807, 2.05) is 0 Å². The first-order chi connectivity index (χ1) is 9.43. The van der Waals surface area contributed by atoms with Crippen LogP contribution < -0.4 is 4.74 Å². The van der Waals surface area contributed by atoms with Crippen LogP contribution in [0.2, 0.25) is 0 Å². The lowest BCUT2D eigenvalue weighted by molar-refractivity contribution is -0.245. The van der Waals surface area contributed by atoms with Crippen LogP contribution in [0.4, 0.5) is 0 Å². The fraction of sp³-hybridized carbons (Fsp3) is 0.250. The van der Waals surface area contributed by atoms with E-state index in [-0.39, 0.29) is 18.8 Å². The summed E-state index contributed by atoms with van der Waals surface area (Å²) in [6, 6.07) is 8.08. The second-order valence-electron chi connectivity index (χ2n) is 4.00. The number of benzene rings is 1. The third-order valence-electron chi connectivity index (χ3n) is 2.64. The van der Waals surface area contributed by atoms with Gasteiger partial charge in [0.05, 0.1) is 6.54 Å². The summed E-state index contributed by atoms with van der Waals surface area (Å²) >= 11 is 0. The van der Waals surface area contributed by atoms with Gasteiger partial charge in [0.1, 0.15) is 5.75 Å². The molecule has 1 aliphatic rings. The smallest absolute Gasteiger partial charge is 0.387 e. The van der Waals surface area contributed by atoms with Gasteiger partial charge in [-0.25, -0.2) is 9.59 Å². The van der Waals surface area contributed by atoms with Gasteiger partial charge in [0.2, 0.25) is 5.84 Å². The molecule has 8 nitrogen and oxygen atoms in total. The van der Waals surface area contributed by atoms with Crippen LogP contribution in [-0.2, 0) is 9.59 Å². The molecule has 0 amide bonds. The van der Waals surface area contributed by atoms with Gasteiger partial charge >= 0.3 is 17.8 Å². The number of amidine groups is 1. The van der Waals surface area contributed by atoms with Crippen LogP contribution in [0.25, 0.3) is 0 Å². The minimum Gasteiger partial charge on any atom is -0.476 e. The van der Waals surface area contributed by atoms with Gasteiger partial charge in [0.15, 0.2) is 0 Å². The van der Waals surface area contributed by atoms with Crippen LogP contribution in [0, 0.1) is 0 Å². The zero-order chi connectivity index (χ0) is 14.8. The van der Waals surface area contributed by atoms with Crippen molar-refractivity contribution in [2.75, 3.05) is 13.1 Å². The number of nitrogens with zero attached hydrogens (tertiary/aromatic N) is 2. The first kappa shape index (κ1) is 14.0. The number of hydrogen-bond donors (Lipinski definition) is 3. The van der Waals surface area contributed by atoms with Crippen molar-refractivity contribution in [2.45, 2.75) is 5.91 Å². The summed E-state index contributed by atoms with van der Waals surface area (Å²) in [6.07, 6.45) is 0. The lowest BCUT2D eigenvalue weighted by Crippen LogP contribution is -2.58. The number of carboxylic acids is 1. The predicted octanol–water partition coefficient (Wildman–Crippen LogP) is -0.971. The number of aliphatic carboxylic acids is 1. The van der Waals surface area contributed by atoms with Crippen LogP contribution in [0.1, 0.15) is 0 Å². The molecule has 1 heterocycles. The highest BCUT2D eigenvalue weighted by Gasteiger charge is 2.46. The molecule has 0 bridgehead atoms. The Balaban J connectivity index is 2.15. The zero-order valence-corrected chi connectivity index (χ0v) is 10.3. The topological polar surface area (TPSA) is 120 Å². The molecule has 0 fully saturated rings. The highest BCUT2D eigenvalue weighted by molar-refractivity contribution is 6.36. The number of carbonyl (C=O) groups is 2. The molecule has 2 rings (SSSR count). The van der Waals surface area contributed by atoms with Crippen LogP contribution in [-0.4, -0.2) is 57.0 Å². The Hall–Kier alpha value is -2.45. The first-order valence-corrected chi connectivity index (χ1v) is 5.70. The molecular formula is C12H12N2O6. The van der Waals surface area contributed by atoms with E-state index in [2.05, 4.69) is 4.99 Å². The molecule has 8 heteroatoms. The molecule has 1 aliphatic heterocycles. The quantitative estimate of drug-likeness (QED) is 0.368. The van der Waals surface area contributed by atoms with Gasteiger partial charge in [-0.1, -0.05) is 18.2 Å². The van der Waals surface area contributed by atoms with Crippen LogP contribution >= 0.6 is 0 Å². The number of aliphatic imine (C=N–C) groups is 1. The van der Waals surface area contributed by atoms with E-state index in [9.17, 15) is 19.8 Å². The van der Waals surface area contributed by atoms with Crippen molar-refractivity contribution in [1.29, 1.82) is 0 Å². The summed E-state index contributed by atoms with van der Waals surface area (Å²) in [5.74, 6) is -6.27. The molecule has 106 valence electrons. The largest absolute Gasteiger partial charge is 0.476 e. The molecule has 1 aromatic rings. The van der Waals surface area contributed by atoms with Crippen LogP contribution in [0.3, 0.4) is 0 Å². The standard InChI is InChI=1S/C12H12N2O6/c15-10(20-8-4-2-1-3-5-8)9-13-6-7-14(9)12(18,19)11(16)17/h1-5,18-19H,6-7H2,(H,16,17). The fourth-order valence-electron chi connectivity index (χ4n) is 1.68. The Bertz CT molecular complexity index is 554. The Morgan fingerprint density at radius 3 is 2.50 bits per heavy atom. The summed E-state index contributed by atoms with van der Waals surface area (Å²) in [5.41, 5.74) is 0. The summed E-state index contributed by atoms with van der Waals surface area (Å²) in [4.78, 5) is 27.0. The molecule has 0 spiro atoms. The lowest BCUT2D eigenvalue weighted by Gasteiger charge is -2.29. The summed E-state index contributed by atoms with van der Waals surface area (Å²) in [7, 11) is 0. The SMILES string of the molecule is O=C(Oc1ccccc1)C1=NCCN1C(O)(O)C(=O)O. The number of para-hydroxylation sites is 1. The Labute approximate surface area is 113 Å². The fourth-order valence-corrected chi connectivity index (χ4v) is 1.68. The summed E-state index contributed by atoms with van der Waals surface area (Å²) in [6.45, 7) is -0.0477. The second kappa shape index (κ2) is 5.27. The molecule has 0 unspecified atom stereocenters. The highest BCUT2D eigenvalue weighted by Crippen LogP contribution is 2.17. The molecule has 0 aromatic heterocycles. The van der Waals surface area contributed by atoms with E-state index in [1.165, 1.54) is 12.1 Å². The van der Waals surface area contributed by atoms with Crippen molar-refractivity contribution in [3.8, 4) is 5.75 Å². The number of hydrogen-bond acceptors (Lipinski definition) is 7. The van der Waals surface area contributed by atoms with Gasteiger partial charge < -0.3 is 20.1 Å². The minimum atomic E-state index is -3.20. The average molecular weight is 280 g/mol. The van der Waals surface area contributed by atoms with E-state index in [1.54, 1.807) is 18.2 Å². The van der Waals surface area contributed by atoms with E-state index < -0.39 is 23.7 Å². The number of ether oxygens (including phenoxy) is 1. The molecule has 0 saturated carbocycles. The van der Waals surface area contributed by atoms with Gasteiger partial charge in [-0.15, -0.1) is 0 Å². The maximum Gasteiger partial charge on any atom is 0.387 e. The van der Waals surface area contributed by atoms with E-state index >= 15 is 0 Å². The molecule has 3 N–H and O–H groups in total. The van der Waals surface area contributed by atoms with Crippen molar-refractivity contribution in [2.24, 2.45) is 4.99 Å². The molecular weight excluding hydrogens is 268 g/mol. The van der Waals surface area contributed by atoms with Crippen molar-refractivity contribution in [3.63, 3.8) is 0 Å². The minimum absolute atomic E-state index is 0.0649. The van der Waals surface area contributed by atoms with E-state index in [4.69, 9.17) is 9.84 Å². The molecule has 0 aliphatic carbocycles. The van der Waals surface area contributed by atoms with Crippen molar-refractivity contribution in [1.82, 2.24) is 4.90 Å². The number of carbonyl (C=O) groups excluding carboxylic acids is 1.